The van der Waals surface area contributed by atoms with E-state index < -0.39 is 5.82 Å². The number of nitrogens with zero attached hydrogens (tertiary/aromatic N) is 6. The van der Waals surface area contributed by atoms with E-state index in [9.17, 15) is 9.18 Å². The lowest BCUT2D eigenvalue weighted by atomic mass is 9.91. The summed E-state index contributed by atoms with van der Waals surface area (Å²) in [6, 6.07) is 5.27. The fourth-order valence-corrected chi connectivity index (χ4v) is 4.70. The Kier molecular flexibility index (Phi) is 8.34. The Balaban J connectivity index is 1.25. The lowest BCUT2D eigenvalue weighted by Gasteiger charge is -2.43. The van der Waals surface area contributed by atoms with E-state index >= 15 is 0 Å². The van der Waals surface area contributed by atoms with E-state index in [-0.39, 0.29) is 5.91 Å². The Morgan fingerprint density at radius 3 is 2.50 bits per heavy atom. The van der Waals surface area contributed by atoms with E-state index in [1.54, 1.807) is 24.5 Å². The van der Waals surface area contributed by atoms with Gasteiger partial charge in [-0.1, -0.05) is 18.0 Å². The first-order valence-electron chi connectivity index (χ1n) is 12.2. The number of piperazine rings is 1. The second kappa shape index (κ2) is 11.4. The molecule has 1 aliphatic heterocycles. The third-order valence-corrected chi connectivity index (χ3v) is 7.20. The Bertz CT molecular complexity index is 962. The number of hydrogen-bond acceptors (Lipinski definition) is 6. The highest BCUT2D eigenvalue weighted by Gasteiger charge is 2.29. The summed E-state index contributed by atoms with van der Waals surface area (Å²) in [7, 11) is 1.98. The molecule has 0 unspecified atom stereocenters. The molecule has 1 amide bonds. The molecule has 0 radical (unpaired) electrons. The average Bonchev–Trinajstić information content (AvgIpc) is 2.79. The molecule has 2 fully saturated rings. The van der Waals surface area contributed by atoms with Gasteiger partial charge in [-0.25, -0.2) is 9.37 Å². The number of rotatable bonds is 9. The highest BCUT2D eigenvalue weighted by molar-refractivity contribution is 6.30. The van der Waals surface area contributed by atoms with Gasteiger partial charge < -0.3 is 9.80 Å². The molecule has 1 aromatic carbocycles. The first-order valence-corrected chi connectivity index (χ1v) is 12.5. The summed E-state index contributed by atoms with van der Waals surface area (Å²) in [4.78, 5) is 30.4. The highest BCUT2D eigenvalue weighted by Crippen LogP contribution is 2.26. The van der Waals surface area contributed by atoms with Crippen LogP contribution in [0.3, 0.4) is 0 Å². The van der Waals surface area contributed by atoms with Crippen molar-refractivity contribution in [3.8, 4) is 11.3 Å². The number of carbonyl (C=O) groups is 1. The van der Waals surface area contributed by atoms with Crippen LogP contribution in [-0.4, -0.2) is 96.0 Å². The van der Waals surface area contributed by atoms with Crippen LogP contribution in [0.25, 0.3) is 11.3 Å². The smallest absolute Gasteiger partial charge is 0.236 e. The number of anilines is 1. The third kappa shape index (κ3) is 6.03. The van der Waals surface area contributed by atoms with Gasteiger partial charge in [0.2, 0.25) is 5.91 Å². The van der Waals surface area contributed by atoms with Crippen molar-refractivity contribution in [2.75, 3.05) is 64.3 Å². The summed E-state index contributed by atoms with van der Waals surface area (Å²) < 4.78 is 14.2. The van der Waals surface area contributed by atoms with E-state index in [0.29, 0.717) is 22.8 Å². The summed E-state index contributed by atoms with van der Waals surface area (Å²) in [6.07, 6.45) is 7.23. The van der Waals surface area contributed by atoms with Gasteiger partial charge in [0.1, 0.15) is 11.6 Å². The average molecular weight is 489 g/mol. The van der Waals surface area contributed by atoms with E-state index in [0.717, 1.165) is 57.7 Å². The molecule has 0 atom stereocenters. The van der Waals surface area contributed by atoms with Crippen LogP contribution in [0.5, 0.6) is 0 Å². The van der Waals surface area contributed by atoms with Gasteiger partial charge >= 0.3 is 0 Å². The van der Waals surface area contributed by atoms with E-state index in [1.807, 2.05) is 11.9 Å². The van der Waals surface area contributed by atoms with Crippen LogP contribution in [0.15, 0.2) is 30.6 Å². The number of aromatic nitrogens is 2. The monoisotopic (exact) mass is 488 g/mol. The Morgan fingerprint density at radius 1 is 1.15 bits per heavy atom. The summed E-state index contributed by atoms with van der Waals surface area (Å²) >= 11 is 5.84. The molecule has 1 aromatic heterocycles. The molecule has 1 saturated carbocycles. The zero-order chi connectivity index (χ0) is 24.1. The van der Waals surface area contributed by atoms with Crippen LogP contribution in [0, 0.1) is 5.82 Å². The van der Waals surface area contributed by atoms with E-state index in [4.69, 9.17) is 11.6 Å². The third-order valence-electron chi connectivity index (χ3n) is 6.97. The normalized spacial score (nSPS) is 17.1. The molecular formula is C25H34ClFN6O. The van der Waals surface area contributed by atoms with Gasteiger partial charge in [-0.2, -0.15) is 0 Å². The molecule has 1 aliphatic carbocycles. The van der Waals surface area contributed by atoms with Gasteiger partial charge in [0.05, 0.1) is 24.6 Å². The molecule has 2 heterocycles. The fourth-order valence-electron chi connectivity index (χ4n) is 4.55. The molecule has 2 aliphatic rings. The fraction of sp³-hybridized carbons (Fsp3) is 0.560. The van der Waals surface area contributed by atoms with Gasteiger partial charge in [0.15, 0.2) is 0 Å². The quantitative estimate of drug-likeness (QED) is 0.539. The van der Waals surface area contributed by atoms with Crippen molar-refractivity contribution >= 4 is 23.3 Å². The maximum atomic E-state index is 14.2. The Morgan fingerprint density at radius 2 is 1.91 bits per heavy atom. The zero-order valence-corrected chi connectivity index (χ0v) is 20.8. The molecule has 0 N–H and O–H groups in total. The lowest BCUT2D eigenvalue weighted by Crippen LogP contribution is -2.55. The standard InChI is InChI=1S/C25H34ClFN6O/c1-3-31(24-17-28-23(16-29-24)21-8-7-19(26)15-22(21)27)10-9-30(2)18-25(34)33-13-11-32(12-14-33)20-5-4-6-20/h7-8,15-17,20H,3-6,9-14,18H2,1-2H3. The molecule has 0 bridgehead atoms. The number of halogens is 2. The van der Waals surface area contributed by atoms with Gasteiger partial charge in [-0.05, 0) is 45.0 Å². The minimum atomic E-state index is -0.419. The SMILES string of the molecule is CCN(CCN(C)CC(=O)N1CCN(C2CCC2)CC1)c1cnc(-c2ccc(Cl)cc2F)cn1. The molecule has 4 rings (SSSR count). The molecule has 9 heteroatoms. The first-order chi connectivity index (χ1) is 16.4. The van der Waals surface area contributed by atoms with Crippen molar-refractivity contribution in [1.82, 2.24) is 24.7 Å². The molecule has 7 nitrogen and oxygen atoms in total. The minimum absolute atomic E-state index is 0.202. The van der Waals surface area contributed by atoms with Crippen molar-refractivity contribution < 1.29 is 9.18 Å². The summed E-state index contributed by atoms with van der Waals surface area (Å²) in [5.74, 6) is 0.512. The number of benzene rings is 1. The van der Waals surface area contributed by atoms with Crippen molar-refractivity contribution in [1.29, 1.82) is 0 Å². The summed E-state index contributed by atoms with van der Waals surface area (Å²) in [6.45, 7) is 8.35. The van der Waals surface area contributed by atoms with Crippen molar-refractivity contribution in [2.24, 2.45) is 0 Å². The maximum absolute atomic E-state index is 14.2. The lowest BCUT2D eigenvalue weighted by molar-refractivity contribution is -0.134. The second-order valence-electron chi connectivity index (χ2n) is 9.20. The topological polar surface area (TPSA) is 55.8 Å². The van der Waals surface area contributed by atoms with Crippen molar-refractivity contribution in [3.63, 3.8) is 0 Å². The summed E-state index contributed by atoms with van der Waals surface area (Å²) in [5.41, 5.74) is 0.840. The number of likely N-dealkylation sites (N-methyl/N-ethyl adjacent to an activating group) is 2. The second-order valence-corrected chi connectivity index (χ2v) is 9.64. The number of hydrogen-bond donors (Lipinski definition) is 0. The Labute approximate surface area is 206 Å². The minimum Gasteiger partial charge on any atom is -0.354 e. The van der Waals surface area contributed by atoms with Crippen LogP contribution in [0.2, 0.25) is 5.02 Å². The molecule has 1 saturated heterocycles. The van der Waals surface area contributed by atoms with E-state index in [1.165, 1.54) is 25.3 Å². The molecular weight excluding hydrogens is 455 g/mol. The van der Waals surface area contributed by atoms with Gasteiger partial charge in [0, 0.05) is 62.4 Å². The molecule has 2 aromatic rings. The summed E-state index contributed by atoms with van der Waals surface area (Å²) in [5, 5.41) is 0.349. The van der Waals surface area contributed by atoms with Gasteiger partial charge in [-0.15, -0.1) is 0 Å². The van der Waals surface area contributed by atoms with Crippen LogP contribution in [-0.2, 0) is 4.79 Å². The van der Waals surface area contributed by atoms with E-state index in [2.05, 4.69) is 31.6 Å². The zero-order valence-electron chi connectivity index (χ0n) is 20.1. The number of carbonyl (C=O) groups excluding carboxylic acids is 1. The van der Waals surface area contributed by atoms with Gasteiger partial charge in [0.25, 0.3) is 0 Å². The Hall–Kier alpha value is -2.29. The van der Waals surface area contributed by atoms with Crippen LogP contribution in [0.4, 0.5) is 10.2 Å². The van der Waals surface area contributed by atoms with Crippen molar-refractivity contribution in [2.45, 2.75) is 32.2 Å². The van der Waals surface area contributed by atoms with Crippen molar-refractivity contribution in [3.05, 3.63) is 41.4 Å². The van der Waals surface area contributed by atoms with Crippen LogP contribution >= 0.6 is 11.6 Å². The molecule has 0 spiro atoms. The maximum Gasteiger partial charge on any atom is 0.236 e. The van der Waals surface area contributed by atoms with Crippen LogP contribution in [0.1, 0.15) is 26.2 Å². The predicted octanol–water partition coefficient (Wildman–Crippen LogP) is 3.39. The predicted molar refractivity (Wildman–Crippen MR) is 134 cm³/mol. The first kappa shape index (κ1) is 24.8. The highest BCUT2D eigenvalue weighted by atomic mass is 35.5. The number of amides is 1. The molecule has 34 heavy (non-hydrogen) atoms. The molecule has 184 valence electrons. The van der Waals surface area contributed by atoms with Crippen LogP contribution < -0.4 is 4.90 Å². The van der Waals surface area contributed by atoms with Gasteiger partial charge in [-0.3, -0.25) is 19.6 Å². The largest absolute Gasteiger partial charge is 0.354 e.